The van der Waals surface area contributed by atoms with Crippen LogP contribution in [0.3, 0.4) is 0 Å². The van der Waals surface area contributed by atoms with E-state index in [1.54, 1.807) is 69.3 Å². The summed E-state index contributed by atoms with van der Waals surface area (Å²) in [6, 6.07) is 6.88. The Morgan fingerprint density at radius 2 is 1.79 bits per heavy atom. The van der Waals surface area contributed by atoms with Crippen molar-refractivity contribution in [2.75, 3.05) is 23.7 Å². The van der Waals surface area contributed by atoms with Crippen LogP contribution >= 0.6 is 0 Å². The smallest absolute Gasteiger partial charge is 0.394 e. The molecule has 0 fully saturated rings. The van der Waals surface area contributed by atoms with Crippen molar-refractivity contribution in [2.45, 2.75) is 47.5 Å². The van der Waals surface area contributed by atoms with Gasteiger partial charge in [-0.1, -0.05) is 0 Å². The third-order valence-electron chi connectivity index (χ3n) is 8.86. The number of benzene rings is 1. The van der Waals surface area contributed by atoms with Crippen molar-refractivity contribution in [3.05, 3.63) is 87.1 Å². The quantitative estimate of drug-likeness (QED) is 0.132. The fourth-order valence-electron chi connectivity index (χ4n) is 6.71. The van der Waals surface area contributed by atoms with Crippen LogP contribution in [0.2, 0.25) is 0 Å². The summed E-state index contributed by atoms with van der Waals surface area (Å²) in [5.41, 5.74) is 7.01. The highest BCUT2D eigenvalue weighted by Crippen LogP contribution is 2.36. The number of hydrogen-bond donors (Lipinski definition) is 5. The zero-order chi connectivity index (χ0) is 34.5. The van der Waals surface area contributed by atoms with Crippen LogP contribution in [0, 0.1) is 27.7 Å². The molecule has 6 rings (SSSR count). The van der Waals surface area contributed by atoms with Crippen LogP contribution in [-0.2, 0) is 14.4 Å². The molecule has 0 radical (unpaired) electrons. The highest BCUT2D eigenvalue weighted by Gasteiger charge is 2.52. The third-order valence-corrected chi connectivity index (χ3v) is 8.86. The predicted octanol–water partition coefficient (Wildman–Crippen LogP) is 4.43. The van der Waals surface area contributed by atoms with Gasteiger partial charge in [0.2, 0.25) is 11.8 Å². The molecule has 48 heavy (non-hydrogen) atoms. The number of H-pyrrole nitrogens is 1. The van der Waals surface area contributed by atoms with Crippen LogP contribution in [0.5, 0.6) is 0 Å². The molecular formula is C34H36BF2N7O4. The average molecular weight is 656 g/mol. The van der Waals surface area contributed by atoms with Crippen molar-refractivity contribution in [1.29, 1.82) is 0 Å². The second-order valence-corrected chi connectivity index (χ2v) is 12.3. The van der Waals surface area contributed by atoms with E-state index < -0.39 is 6.97 Å². The molecule has 1 aromatic carbocycles. The zero-order valence-corrected chi connectivity index (χ0v) is 27.3. The second kappa shape index (κ2) is 12.3. The Morgan fingerprint density at radius 3 is 2.54 bits per heavy atom. The van der Waals surface area contributed by atoms with Crippen LogP contribution < -0.4 is 21.3 Å². The number of aromatic nitrogens is 2. The van der Waals surface area contributed by atoms with Crippen LogP contribution in [0.15, 0.2) is 42.1 Å². The molecule has 0 atom stereocenters. The summed E-state index contributed by atoms with van der Waals surface area (Å²) in [7, 11) is 0. The van der Waals surface area contributed by atoms with Gasteiger partial charge in [0.05, 0.1) is 11.1 Å². The number of nitrogens with one attached hydrogen (secondary N) is 5. The van der Waals surface area contributed by atoms with E-state index in [1.807, 2.05) is 6.92 Å². The summed E-state index contributed by atoms with van der Waals surface area (Å²) in [6.45, 7) is 4.63. The molecule has 14 heteroatoms. The molecule has 3 aliphatic rings. The molecule has 3 aromatic rings. The maximum atomic E-state index is 15.6. The summed E-state index contributed by atoms with van der Waals surface area (Å²) < 4.78 is 33.4. The Bertz CT molecular complexity index is 2050. The van der Waals surface area contributed by atoms with Gasteiger partial charge in [-0.25, -0.2) is 0 Å². The number of rotatable bonds is 9. The molecule has 0 aliphatic carbocycles. The number of hydrogen-bond acceptors (Lipinski definition) is 4. The molecule has 5 N–H and O–H groups in total. The maximum absolute atomic E-state index is 15.6. The molecular weight excluding hydrogens is 619 g/mol. The Kier molecular flexibility index (Phi) is 8.27. The van der Waals surface area contributed by atoms with Crippen LogP contribution in [0.4, 0.5) is 20.0 Å². The predicted molar refractivity (Wildman–Crippen MR) is 182 cm³/mol. The number of anilines is 2. The summed E-state index contributed by atoms with van der Waals surface area (Å²) in [5.74, 6) is -1.19. The standard InChI is InChI=1S/C34H36BF2N7O4/c1-18-14-19(2)43-30(18)16-25-8-7-24(44(25)35(43,36)37)9-11-31(46)38-12-13-39-34(48)32-20(3)29(40-21(32)4)17-27-26-15-23(41-22(5)45)6-10-28(26)42-33(27)47/h6-8,10,14-17,40H,9,11-13H2,1-5H3,(H,38,46)(H,39,48)(H,41,45)(H,42,47)/b27-17-. The lowest BCUT2D eigenvalue weighted by molar-refractivity contribution is -0.362. The van der Waals surface area contributed by atoms with Gasteiger partial charge in [0.25, 0.3) is 11.8 Å². The van der Waals surface area contributed by atoms with Crippen LogP contribution in [0.1, 0.15) is 69.6 Å². The van der Waals surface area contributed by atoms with Gasteiger partial charge in [-0.15, -0.1) is 0 Å². The van der Waals surface area contributed by atoms with E-state index >= 15 is 8.63 Å². The van der Waals surface area contributed by atoms with Crippen molar-refractivity contribution in [1.82, 2.24) is 20.1 Å². The Labute approximate surface area is 275 Å². The number of nitrogens with zero attached hydrogens (tertiary/aromatic N) is 2. The number of carbonyl (C=O) groups excluding carboxylic acids is 4. The van der Waals surface area contributed by atoms with Gasteiger partial charge >= 0.3 is 6.97 Å². The molecule has 248 valence electrons. The zero-order valence-electron chi connectivity index (χ0n) is 27.3. The van der Waals surface area contributed by atoms with Gasteiger partial charge < -0.3 is 43.8 Å². The lowest BCUT2D eigenvalue weighted by atomic mass is 9.90. The number of allylic oxidation sites excluding steroid dienone is 2. The van der Waals surface area contributed by atoms with Crippen molar-refractivity contribution < 1.29 is 32.3 Å². The van der Waals surface area contributed by atoms with E-state index in [1.165, 1.54) is 6.92 Å². The first-order chi connectivity index (χ1) is 22.8. The molecule has 3 aliphatic heterocycles. The lowest BCUT2D eigenvalue weighted by Crippen LogP contribution is -2.50. The fraction of sp³-hybridized carbons (Fsp3) is 0.265. The summed E-state index contributed by atoms with van der Waals surface area (Å²) >= 11 is 0. The SMILES string of the molecule is CC(=O)Nc1ccc2c(c1)/C(=C/c1[nH]c(C)c(C(=O)NCCNC(=O)CCC3=[N+]4C(=Cc5c(C)cc(C)n5[B-]4(F)F)C=C3)c1C)C(=O)N2. The Balaban J connectivity index is 1.05. The number of halogens is 2. The maximum Gasteiger partial charge on any atom is 0.737 e. The molecule has 11 nitrogen and oxygen atoms in total. The molecule has 0 spiro atoms. The molecule has 0 unspecified atom stereocenters. The van der Waals surface area contributed by atoms with Crippen molar-refractivity contribution >= 4 is 65.4 Å². The number of fused-ring (bicyclic) bond motifs is 3. The number of aryl methyl sites for hydroxylation is 3. The van der Waals surface area contributed by atoms with E-state index in [0.717, 1.165) is 14.5 Å². The first-order valence-corrected chi connectivity index (χ1v) is 15.7. The highest BCUT2D eigenvalue weighted by molar-refractivity contribution is 6.58. The summed E-state index contributed by atoms with van der Waals surface area (Å²) in [4.78, 5) is 53.2. The van der Waals surface area contributed by atoms with Crippen LogP contribution in [-0.4, -0.2) is 63.3 Å². The number of amides is 4. The number of carbonyl (C=O) groups is 4. The highest BCUT2D eigenvalue weighted by atomic mass is 19.2. The van der Waals surface area contributed by atoms with Gasteiger partial charge in [0.1, 0.15) is 5.71 Å². The van der Waals surface area contributed by atoms with Gasteiger partial charge in [0, 0.05) is 85.1 Å². The van der Waals surface area contributed by atoms with Gasteiger partial charge in [-0.3, -0.25) is 19.2 Å². The second-order valence-electron chi connectivity index (χ2n) is 12.3. The minimum Gasteiger partial charge on any atom is -0.394 e. The van der Waals surface area contributed by atoms with E-state index in [0.29, 0.717) is 67.8 Å². The monoisotopic (exact) mass is 655 g/mol. The van der Waals surface area contributed by atoms with E-state index in [9.17, 15) is 19.2 Å². The van der Waals surface area contributed by atoms with Gasteiger partial charge in [0.15, 0.2) is 5.70 Å². The van der Waals surface area contributed by atoms with Gasteiger partial charge in [-0.05, 0) is 74.9 Å². The molecule has 0 saturated heterocycles. The van der Waals surface area contributed by atoms with Crippen molar-refractivity contribution in [2.24, 2.45) is 0 Å². The summed E-state index contributed by atoms with van der Waals surface area (Å²) in [5, 5.41) is 11.1. The van der Waals surface area contributed by atoms with Crippen molar-refractivity contribution in [3.63, 3.8) is 0 Å². The Morgan fingerprint density at radius 1 is 1.04 bits per heavy atom. The number of aromatic amines is 1. The lowest BCUT2D eigenvalue weighted by Gasteiger charge is -2.30. The molecule has 5 heterocycles. The molecule has 0 bridgehead atoms. The average Bonchev–Trinajstić information content (AvgIpc) is 3.73. The van der Waals surface area contributed by atoms with E-state index in [-0.39, 0.29) is 49.6 Å². The van der Waals surface area contributed by atoms with E-state index in [2.05, 4.69) is 26.3 Å². The third kappa shape index (κ3) is 5.78. The van der Waals surface area contributed by atoms with Crippen LogP contribution in [0.25, 0.3) is 17.7 Å². The normalized spacial score (nSPS) is 16.4. The van der Waals surface area contributed by atoms with Crippen molar-refractivity contribution in [3.8, 4) is 0 Å². The minimum atomic E-state index is -4.09. The topological polar surface area (TPSA) is 140 Å². The first-order valence-electron chi connectivity index (χ1n) is 15.7. The molecule has 4 amide bonds. The molecule has 2 aromatic heterocycles. The van der Waals surface area contributed by atoms with E-state index in [4.69, 9.17) is 0 Å². The van der Waals surface area contributed by atoms with Gasteiger partial charge in [-0.2, -0.15) is 0 Å². The summed E-state index contributed by atoms with van der Waals surface area (Å²) in [6.07, 6.45) is 6.86. The first kappa shape index (κ1) is 32.4. The Hall–Kier alpha value is -5.53. The minimum absolute atomic E-state index is 0.0111. The fourth-order valence-corrected chi connectivity index (χ4v) is 6.71. The largest absolute Gasteiger partial charge is 0.737 e. The molecule has 0 saturated carbocycles.